The molecule has 0 aromatic heterocycles. The van der Waals surface area contributed by atoms with Crippen LogP contribution in [-0.2, 0) is 0 Å². The summed E-state index contributed by atoms with van der Waals surface area (Å²) in [7, 11) is 0. The highest BCUT2D eigenvalue weighted by Crippen LogP contribution is 2.00. The maximum absolute atomic E-state index is 2.30. The molecule has 0 heteroatoms. The molecule has 0 aromatic carbocycles. The summed E-state index contributed by atoms with van der Waals surface area (Å²) in [4.78, 5) is 0. The molecule has 0 unspecified atom stereocenters. The van der Waals surface area contributed by atoms with Crippen molar-refractivity contribution in [3.05, 3.63) is 23.8 Å². The molecule has 0 heterocycles. The standard InChI is InChI=1S/C10H18/c1-4-5-6-7-8-9-10(2)3/h4-5,9H,6-8H2,1-3H3/b5-4+. The molecule has 0 rings (SSSR count). The number of unbranched alkanes of at least 4 members (excludes halogenated alkanes) is 2. The van der Waals surface area contributed by atoms with Gasteiger partial charge in [-0.1, -0.05) is 23.8 Å². The Morgan fingerprint density at radius 1 is 1.20 bits per heavy atom. The summed E-state index contributed by atoms with van der Waals surface area (Å²) < 4.78 is 0. The lowest BCUT2D eigenvalue weighted by Crippen LogP contribution is -1.70. The van der Waals surface area contributed by atoms with E-state index in [4.69, 9.17) is 0 Å². The van der Waals surface area contributed by atoms with Crippen LogP contribution in [0.1, 0.15) is 40.0 Å². The van der Waals surface area contributed by atoms with Gasteiger partial charge in [0.25, 0.3) is 0 Å². The Bertz CT molecular complexity index is 114. The van der Waals surface area contributed by atoms with Crippen molar-refractivity contribution in [1.29, 1.82) is 0 Å². The lowest BCUT2D eigenvalue weighted by atomic mass is 10.2. The fraction of sp³-hybridized carbons (Fsp3) is 0.600. The van der Waals surface area contributed by atoms with Gasteiger partial charge in [0.1, 0.15) is 0 Å². The van der Waals surface area contributed by atoms with Crippen LogP contribution < -0.4 is 0 Å². The van der Waals surface area contributed by atoms with E-state index in [1.165, 1.54) is 24.8 Å². The molecule has 0 radical (unpaired) electrons. The van der Waals surface area contributed by atoms with Crippen LogP contribution in [0.15, 0.2) is 23.8 Å². The topological polar surface area (TPSA) is 0 Å². The summed E-state index contributed by atoms with van der Waals surface area (Å²) in [5.74, 6) is 0. The molecule has 0 spiro atoms. The molecule has 0 aliphatic carbocycles. The van der Waals surface area contributed by atoms with Crippen molar-refractivity contribution in [2.75, 3.05) is 0 Å². The van der Waals surface area contributed by atoms with Crippen LogP contribution in [0.25, 0.3) is 0 Å². The van der Waals surface area contributed by atoms with Crippen molar-refractivity contribution in [3.8, 4) is 0 Å². The van der Waals surface area contributed by atoms with Crippen LogP contribution in [-0.4, -0.2) is 0 Å². The summed E-state index contributed by atoms with van der Waals surface area (Å²) in [6.45, 7) is 6.37. The van der Waals surface area contributed by atoms with Crippen LogP contribution in [0.5, 0.6) is 0 Å². The average Bonchev–Trinajstić information content (AvgIpc) is 1.87. The second kappa shape index (κ2) is 6.60. The fourth-order valence-corrected chi connectivity index (χ4v) is 0.793. The molecule has 0 bridgehead atoms. The molecule has 58 valence electrons. The lowest BCUT2D eigenvalue weighted by molar-refractivity contribution is 0.861. The van der Waals surface area contributed by atoms with E-state index in [-0.39, 0.29) is 0 Å². The molecule has 0 aliphatic rings. The van der Waals surface area contributed by atoms with Gasteiger partial charge in [-0.2, -0.15) is 0 Å². The molecule has 10 heavy (non-hydrogen) atoms. The normalized spacial score (nSPS) is 10.3. The predicted octanol–water partition coefficient (Wildman–Crippen LogP) is 3.70. The Labute approximate surface area is 64.6 Å². The highest BCUT2D eigenvalue weighted by Gasteiger charge is 1.80. The maximum atomic E-state index is 2.30. The van der Waals surface area contributed by atoms with E-state index >= 15 is 0 Å². The minimum atomic E-state index is 1.22. The molecule has 0 aromatic rings. The Morgan fingerprint density at radius 3 is 2.40 bits per heavy atom. The molecule has 0 nitrogen and oxygen atoms in total. The lowest BCUT2D eigenvalue weighted by Gasteiger charge is -1.90. The van der Waals surface area contributed by atoms with Gasteiger partial charge in [-0.3, -0.25) is 0 Å². The smallest absolute Gasteiger partial charge is 0.0345 e. The van der Waals surface area contributed by atoms with E-state index in [2.05, 4.69) is 39.0 Å². The molecule has 0 atom stereocenters. The van der Waals surface area contributed by atoms with Crippen LogP contribution in [0.4, 0.5) is 0 Å². The van der Waals surface area contributed by atoms with Gasteiger partial charge in [0.05, 0.1) is 0 Å². The Hall–Kier alpha value is -0.520. The predicted molar refractivity (Wildman–Crippen MR) is 48.1 cm³/mol. The zero-order valence-electron chi connectivity index (χ0n) is 7.35. The Morgan fingerprint density at radius 2 is 1.90 bits per heavy atom. The Kier molecular flexibility index (Phi) is 6.25. The largest absolute Gasteiger partial charge is 0.0917 e. The molecule has 0 saturated heterocycles. The summed E-state index contributed by atoms with van der Waals surface area (Å²) in [6.07, 6.45) is 10.4. The van der Waals surface area contributed by atoms with Crippen molar-refractivity contribution < 1.29 is 0 Å². The minimum absolute atomic E-state index is 1.22. The van der Waals surface area contributed by atoms with E-state index in [0.29, 0.717) is 0 Å². The highest BCUT2D eigenvalue weighted by atomic mass is 13.9. The molecular formula is C10H18. The van der Waals surface area contributed by atoms with Crippen LogP contribution in [0, 0.1) is 0 Å². The third kappa shape index (κ3) is 7.48. The minimum Gasteiger partial charge on any atom is -0.0917 e. The van der Waals surface area contributed by atoms with E-state index in [1.54, 1.807) is 0 Å². The Balaban J connectivity index is 3.13. The number of hydrogen-bond donors (Lipinski definition) is 0. The summed E-state index contributed by atoms with van der Waals surface area (Å²) >= 11 is 0. The number of rotatable bonds is 4. The van der Waals surface area contributed by atoms with Gasteiger partial charge < -0.3 is 0 Å². The first-order chi connectivity index (χ1) is 4.77. The molecule has 0 N–H and O–H groups in total. The summed E-state index contributed by atoms with van der Waals surface area (Å²) in [5.41, 5.74) is 1.43. The van der Waals surface area contributed by atoms with Crippen LogP contribution in [0.2, 0.25) is 0 Å². The first-order valence-electron chi connectivity index (χ1n) is 4.02. The van der Waals surface area contributed by atoms with Crippen molar-refractivity contribution in [2.45, 2.75) is 40.0 Å². The van der Waals surface area contributed by atoms with Gasteiger partial charge in [-0.25, -0.2) is 0 Å². The fourth-order valence-electron chi connectivity index (χ4n) is 0.793. The zero-order chi connectivity index (χ0) is 7.82. The summed E-state index contributed by atoms with van der Waals surface area (Å²) in [6, 6.07) is 0. The van der Waals surface area contributed by atoms with Gasteiger partial charge in [0, 0.05) is 0 Å². The van der Waals surface area contributed by atoms with Gasteiger partial charge in [0.15, 0.2) is 0 Å². The van der Waals surface area contributed by atoms with Crippen molar-refractivity contribution >= 4 is 0 Å². The third-order valence-corrected chi connectivity index (χ3v) is 1.36. The molecule has 0 amide bonds. The monoisotopic (exact) mass is 138 g/mol. The van der Waals surface area contributed by atoms with Gasteiger partial charge in [-0.15, -0.1) is 0 Å². The SMILES string of the molecule is C/C=C/CCCC=C(C)C. The van der Waals surface area contributed by atoms with E-state index in [9.17, 15) is 0 Å². The maximum Gasteiger partial charge on any atom is -0.0345 e. The van der Waals surface area contributed by atoms with Gasteiger partial charge in [0.2, 0.25) is 0 Å². The van der Waals surface area contributed by atoms with Crippen molar-refractivity contribution in [2.24, 2.45) is 0 Å². The van der Waals surface area contributed by atoms with E-state index < -0.39 is 0 Å². The number of allylic oxidation sites excluding steroid dienone is 4. The first kappa shape index (κ1) is 9.48. The molecule has 0 fully saturated rings. The second-order valence-electron chi connectivity index (χ2n) is 2.78. The van der Waals surface area contributed by atoms with Gasteiger partial charge >= 0.3 is 0 Å². The molecule has 0 saturated carbocycles. The van der Waals surface area contributed by atoms with E-state index in [0.717, 1.165) is 0 Å². The molecule has 0 aliphatic heterocycles. The summed E-state index contributed by atoms with van der Waals surface area (Å²) in [5, 5.41) is 0. The zero-order valence-corrected chi connectivity index (χ0v) is 7.35. The van der Waals surface area contributed by atoms with Crippen LogP contribution in [0.3, 0.4) is 0 Å². The third-order valence-electron chi connectivity index (χ3n) is 1.36. The first-order valence-corrected chi connectivity index (χ1v) is 4.02. The highest BCUT2D eigenvalue weighted by molar-refractivity contribution is 4.93. The van der Waals surface area contributed by atoms with Gasteiger partial charge in [-0.05, 0) is 40.0 Å². The number of hydrogen-bond acceptors (Lipinski definition) is 0. The average molecular weight is 138 g/mol. The van der Waals surface area contributed by atoms with Crippen molar-refractivity contribution in [1.82, 2.24) is 0 Å². The van der Waals surface area contributed by atoms with E-state index in [1.807, 2.05) is 0 Å². The quantitative estimate of drug-likeness (QED) is 0.410. The van der Waals surface area contributed by atoms with Crippen LogP contribution >= 0.6 is 0 Å². The second-order valence-corrected chi connectivity index (χ2v) is 2.78. The van der Waals surface area contributed by atoms with Crippen molar-refractivity contribution in [3.63, 3.8) is 0 Å². The molecular weight excluding hydrogens is 120 g/mol.